The maximum atomic E-state index is 12.4. The first-order chi connectivity index (χ1) is 11.2. The number of aryl methyl sites for hydroxylation is 1. The van der Waals surface area contributed by atoms with Gasteiger partial charge in [0.05, 0.1) is 24.4 Å². The lowest BCUT2D eigenvalue weighted by molar-refractivity contribution is -0.138. The van der Waals surface area contributed by atoms with Gasteiger partial charge in [-0.2, -0.15) is 5.10 Å². The molecule has 2 aliphatic heterocycles. The molecule has 1 aromatic heterocycles. The Kier molecular flexibility index (Phi) is 3.60. The number of amides is 1. The van der Waals surface area contributed by atoms with Gasteiger partial charge in [-0.1, -0.05) is 18.2 Å². The highest BCUT2D eigenvalue weighted by Crippen LogP contribution is 2.38. The minimum atomic E-state index is 0.178. The Balaban J connectivity index is 1.63. The second kappa shape index (κ2) is 5.64. The Morgan fingerprint density at radius 2 is 2.17 bits per heavy atom. The van der Waals surface area contributed by atoms with Gasteiger partial charge >= 0.3 is 0 Å². The van der Waals surface area contributed by atoms with E-state index in [1.165, 1.54) is 0 Å². The van der Waals surface area contributed by atoms with Gasteiger partial charge in [0.15, 0.2) is 0 Å². The first-order valence-electron chi connectivity index (χ1n) is 8.51. The SMILES string of the molecule is CCn1nc(CN2C[C@@]3(CCOC3)CCC2=O)c2ccccc21. The molecular formula is C18H23N3O2. The molecule has 5 heteroatoms. The highest BCUT2D eigenvalue weighted by atomic mass is 16.5. The molecular weight excluding hydrogens is 290 g/mol. The molecule has 2 aromatic rings. The number of hydrogen-bond donors (Lipinski definition) is 0. The van der Waals surface area contributed by atoms with Crippen molar-refractivity contribution in [1.82, 2.24) is 14.7 Å². The Labute approximate surface area is 136 Å². The highest BCUT2D eigenvalue weighted by molar-refractivity contribution is 5.83. The standard InChI is InChI=1S/C18H23N3O2/c1-2-21-16-6-4-3-5-14(16)15(19-21)11-20-12-18(8-7-17(20)22)9-10-23-13-18/h3-6H,2,7-13H2,1H3/t18-/m0/s1. The molecule has 0 N–H and O–H groups in total. The maximum Gasteiger partial charge on any atom is 0.222 e. The van der Waals surface area contributed by atoms with Gasteiger partial charge in [-0.05, 0) is 25.8 Å². The third-order valence-electron chi connectivity index (χ3n) is 5.31. The van der Waals surface area contributed by atoms with Crippen LogP contribution >= 0.6 is 0 Å². The maximum absolute atomic E-state index is 12.4. The monoisotopic (exact) mass is 313 g/mol. The molecule has 3 heterocycles. The molecule has 2 fully saturated rings. The molecule has 0 unspecified atom stereocenters. The number of benzene rings is 1. The van der Waals surface area contributed by atoms with Crippen molar-refractivity contribution in [2.24, 2.45) is 5.41 Å². The summed E-state index contributed by atoms with van der Waals surface area (Å²) in [6, 6.07) is 8.28. The van der Waals surface area contributed by atoms with Gasteiger partial charge in [0.1, 0.15) is 0 Å². The zero-order valence-electron chi connectivity index (χ0n) is 13.6. The van der Waals surface area contributed by atoms with E-state index in [4.69, 9.17) is 9.84 Å². The van der Waals surface area contributed by atoms with Crippen molar-refractivity contribution in [2.75, 3.05) is 19.8 Å². The van der Waals surface area contributed by atoms with Crippen molar-refractivity contribution in [1.29, 1.82) is 0 Å². The number of hydrogen-bond acceptors (Lipinski definition) is 3. The molecule has 0 radical (unpaired) electrons. The summed E-state index contributed by atoms with van der Waals surface area (Å²) in [5.74, 6) is 0.248. The first kappa shape index (κ1) is 14.7. The van der Waals surface area contributed by atoms with Crippen LogP contribution in [0.4, 0.5) is 0 Å². The minimum absolute atomic E-state index is 0.178. The summed E-state index contributed by atoms with van der Waals surface area (Å²) in [6.07, 6.45) is 2.67. The van der Waals surface area contributed by atoms with Crippen molar-refractivity contribution < 1.29 is 9.53 Å². The Bertz CT molecular complexity index is 731. The smallest absolute Gasteiger partial charge is 0.222 e. The van der Waals surface area contributed by atoms with Crippen LogP contribution in [0.3, 0.4) is 0 Å². The van der Waals surface area contributed by atoms with Crippen molar-refractivity contribution in [2.45, 2.75) is 39.3 Å². The molecule has 23 heavy (non-hydrogen) atoms. The number of likely N-dealkylation sites (tertiary alicyclic amines) is 1. The average molecular weight is 313 g/mol. The number of carbonyl (C=O) groups excluding carboxylic acids is 1. The van der Waals surface area contributed by atoms with Crippen LogP contribution in [0.15, 0.2) is 24.3 Å². The Hall–Kier alpha value is -1.88. The van der Waals surface area contributed by atoms with Crippen LogP contribution in [0, 0.1) is 5.41 Å². The zero-order valence-corrected chi connectivity index (χ0v) is 13.6. The predicted molar refractivity (Wildman–Crippen MR) is 87.9 cm³/mol. The summed E-state index contributed by atoms with van der Waals surface area (Å²) in [5, 5.41) is 5.90. The lowest BCUT2D eigenvalue weighted by Crippen LogP contribution is -2.46. The van der Waals surface area contributed by atoms with Gasteiger partial charge < -0.3 is 9.64 Å². The third kappa shape index (κ3) is 2.53. The molecule has 2 saturated heterocycles. The normalized spacial score (nSPS) is 24.9. The first-order valence-corrected chi connectivity index (χ1v) is 8.51. The number of rotatable bonds is 3. The number of nitrogens with zero attached hydrogens (tertiary/aromatic N) is 3. The fourth-order valence-corrected chi connectivity index (χ4v) is 3.95. The molecule has 0 aliphatic carbocycles. The molecule has 4 rings (SSSR count). The van der Waals surface area contributed by atoms with Crippen molar-refractivity contribution >= 4 is 16.8 Å². The van der Waals surface area contributed by atoms with Gasteiger partial charge in [-0.3, -0.25) is 9.48 Å². The van der Waals surface area contributed by atoms with Gasteiger partial charge in [0.2, 0.25) is 5.91 Å². The van der Waals surface area contributed by atoms with E-state index < -0.39 is 0 Å². The largest absolute Gasteiger partial charge is 0.381 e. The van der Waals surface area contributed by atoms with E-state index in [-0.39, 0.29) is 11.3 Å². The van der Waals surface area contributed by atoms with Crippen LogP contribution in [-0.2, 0) is 22.6 Å². The van der Waals surface area contributed by atoms with Crippen LogP contribution in [0.2, 0.25) is 0 Å². The third-order valence-corrected chi connectivity index (χ3v) is 5.31. The molecule has 0 saturated carbocycles. The number of fused-ring (bicyclic) bond motifs is 1. The van der Waals surface area contributed by atoms with E-state index in [9.17, 15) is 4.79 Å². The summed E-state index contributed by atoms with van der Waals surface area (Å²) in [4.78, 5) is 14.4. The number of piperidine rings is 1. The van der Waals surface area contributed by atoms with Crippen LogP contribution < -0.4 is 0 Å². The second-order valence-corrected chi connectivity index (χ2v) is 6.83. The highest BCUT2D eigenvalue weighted by Gasteiger charge is 2.41. The summed E-state index contributed by atoms with van der Waals surface area (Å²) in [6.45, 7) is 5.97. The molecule has 1 spiro atoms. The fourth-order valence-electron chi connectivity index (χ4n) is 3.95. The molecule has 122 valence electrons. The molecule has 1 aromatic carbocycles. The molecule has 1 amide bonds. The van der Waals surface area contributed by atoms with E-state index in [0.717, 1.165) is 55.7 Å². The second-order valence-electron chi connectivity index (χ2n) is 6.83. The van der Waals surface area contributed by atoms with Crippen LogP contribution in [-0.4, -0.2) is 40.3 Å². The number of para-hydroxylation sites is 1. The van der Waals surface area contributed by atoms with Gasteiger partial charge in [-0.25, -0.2) is 0 Å². The Morgan fingerprint density at radius 1 is 1.30 bits per heavy atom. The lowest BCUT2D eigenvalue weighted by atomic mass is 9.79. The predicted octanol–water partition coefficient (Wildman–Crippen LogP) is 2.59. The minimum Gasteiger partial charge on any atom is -0.381 e. The van der Waals surface area contributed by atoms with E-state index >= 15 is 0 Å². The van der Waals surface area contributed by atoms with Crippen LogP contribution in [0.1, 0.15) is 31.9 Å². The van der Waals surface area contributed by atoms with Crippen LogP contribution in [0.5, 0.6) is 0 Å². The van der Waals surface area contributed by atoms with Gasteiger partial charge in [0, 0.05) is 36.9 Å². The van der Waals surface area contributed by atoms with Crippen molar-refractivity contribution in [3.05, 3.63) is 30.0 Å². The van der Waals surface area contributed by atoms with Crippen molar-refractivity contribution in [3.8, 4) is 0 Å². The number of carbonyl (C=O) groups is 1. The van der Waals surface area contributed by atoms with E-state index in [1.54, 1.807) is 0 Å². The van der Waals surface area contributed by atoms with Gasteiger partial charge in [0.25, 0.3) is 0 Å². The Morgan fingerprint density at radius 3 is 2.96 bits per heavy atom. The van der Waals surface area contributed by atoms with Crippen molar-refractivity contribution in [3.63, 3.8) is 0 Å². The molecule has 5 nitrogen and oxygen atoms in total. The van der Waals surface area contributed by atoms with E-state index in [1.807, 2.05) is 21.7 Å². The summed E-state index contributed by atoms with van der Waals surface area (Å²) < 4.78 is 7.63. The quantitative estimate of drug-likeness (QED) is 0.875. The fraction of sp³-hybridized carbons (Fsp3) is 0.556. The van der Waals surface area contributed by atoms with Crippen LogP contribution in [0.25, 0.3) is 10.9 Å². The zero-order chi connectivity index (χ0) is 15.9. The number of ether oxygens (including phenoxy) is 1. The van der Waals surface area contributed by atoms with E-state index in [0.29, 0.717) is 13.0 Å². The summed E-state index contributed by atoms with van der Waals surface area (Å²) >= 11 is 0. The summed E-state index contributed by atoms with van der Waals surface area (Å²) in [5.41, 5.74) is 2.33. The van der Waals surface area contributed by atoms with Gasteiger partial charge in [-0.15, -0.1) is 0 Å². The lowest BCUT2D eigenvalue weighted by Gasteiger charge is -2.39. The molecule has 0 bridgehead atoms. The topological polar surface area (TPSA) is 47.4 Å². The molecule has 2 aliphatic rings. The molecule has 1 atom stereocenters. The number of aromatic nitrogens is 2. The average Bonchev–Trinajstić information content (AvgIpc) is 3.17. The van der Waals surface area contributed by atoms with E-state index in [2.05, 4.69) is 19.1 Å². The summed E-state index contributed by atoms with van der Waals surface area (Å²) in [7, 11) is 0.